The summed E-state index contributed by atoms with van der Waals surface area (Å²) in [5, 5.41) is 8.93. The Balaban J connectivity index is 2.66. The summed E-state index contributed by atoms with van der Waals surface area (Å²) < 4.78 is 0. The van der Waals surface area contributed by atoms with E-state index in [1.807, 2.05) is 6.08 Å². The summed E-state index contributed by atoms with van der Waals surface area (Å²) in [6.45, 7) is 0. The van der Waals surface area contributed by atoms with Gasteiger partial charge in [0.05, 0.1) is 6.10 Å². The van der Waals surface area contributed by atoms with Gasteiger partial charge in [0.1, 0.15) is 0 Å². The minimum atomic E-state index is -0.483. The minimum absolute atomic E-state index is 0.483. The Kier molecular flexibility index (Phi) is 1.76. The first-order valence-corrected chi connectivity index (χ1v) is 2.84. The summed E-state index contributed by atoms with van der Waals surface area (Å²) >= 11 is 3.98. The highest BCUT2D eigenvalue weighted by molar-refractivity contribution is 7.84. The third kappa shape index (κ3) is 1.14. The van der Waals surface area contributed by atoms with Crippen LogP contribution in [0.2, 0.25) is 0 Å². The van der Waals surface area contributed by atoms with Gasteiger partial charge in [0.2, 0.25) is 0 Å². The second kappa shape index (κ2) is 2.37. The molecular formula is C6H7OS. The Morgan fingerprint density at radius 2 is 2.25 bits per heavy atom. The van der Waals surface area contributed by atoms with E-state index in [1.54, 1.807) is 18.6 Å². The van der Waals surface area contributed by atoms with Crippen LogP contribution in [0.3, 0.4) is 0 Å². The normalized spacial score (nSPS) is 27.8. The van der Waals surface area contributed by atoms with Gasteiger partial charge in [0.15, 0.2) is 0 Å². The van der Waals surface area contributed by atoms with Crippen LogP contribution in [0, 0.1) is 6.42 Å². The van der Waals surface area contributed by atoms with Gasteiger partial charge in [-0.05, 0) is 0 Å². The first-order chi connectivity index (χ1) is 3.80. The highest BCUT2D eigenvalue weighted by Crippen LogP contribution is 2.14. The van der Waals surface area contributed by atoms with Crippen molar-refractivity contribution in [2.45, 2.75) is 6.10 Å². The SMILES string of the molecule is OC1[CH]C=CC=C1S. The van der Waals surface area contributed by atoms with Crippen molar-refractivity contribution in [1.82, 2.24) is 0 Å². The Bertz CT molecular complexity index is 137. The lowest BCUT2D eigenvalue weighted by atomic mass is 10.1. The lowest BCUT2D eigenvalue weighted by Gasteiger charge is -2.08. The van der Waals surface area contributed by atoms with E-state index in [2.05, 4.69) is 12.6 Å². The smallest absolute Gasteiger partial charge is 0.0914 e. The molecule has 0 fully saturated rings. The summed E-state index contributed by atoms with van der Waals surface area (Å²) in [6.07, 6.45) is 6.61. The molecule has 0 heterocycles. The lowest BCUT2D eigenvalue weighted by molar-refractivity contribution is 0.255. The molecule has 0 amide bonds. The Hall–Kier alpha value is -0.210. The van der Waals surface area contributed by atoms with Gasteiger partial charge in [-0.1, -0.05) is 18.2 Å². The highest BCUT2D eigenvalue weighted by Gasteiger charge is 2.06. The number of hydrogen-bond donors (Lipinski definition) is 2. The molecule has 0 aromatic carbocycles. The van der Waals surface area contributed by atoms with Crippen molar-refractivity contribution in [3.8, 4) is 0 Å². The molecule has 8 heavy (non-hydrogen) atoms. The monoisotopic (exact) mass is 127 g/mol. The highest BCUT2D eigenvalue weighted by atomic mass is 32.1. The molecule has 0 spiro atoms. The standard InChI is InChI=1S/C6H7OS/c7-5-3-1-2-4-6(5)8/h1-5,7-8H. The van der Waals surface area contributed by atoms with Crippen LogP contribution in [0.1, 0.15) is 0 Å². The van der Waals surface area contributed by atoms with Gasteiger partial charge in [0.25, 0.3) is 0 Å². The molecule has 0 aromatic heterocycles. The maximum Gasteiger partial charge on any atom is 0.0914 e. The van der Waals surface area contributed by atoms with E-state index in [9.17, 15) is 0 Å². The fourth-order valence-electron chi connectivity index (χ4n) is 0.521. The summed E-state index contributed by atoms with van der Waals surface area (Å²) in [5.41, 5.74) is 0. The number of aliphatic hydroxyl groups excluding tert-OH is 1. The van der Waals surface area contributed by atoms with Crippen LogP contribution in [0.25, 0.3) is 0 Å². The van der Waals surface area contributed by atoms with Gasteiger partial charge in [-0.25, -0.2) is 0 Å². The van der Waals surface area contributed by atoms with Gasteiger partial charge >= 0.3 is 0 Å². The van der Waals surface area contributed by atoms with Gasteiger partial charge in [0, 0.05) is 11.3 Å². The quantitative estimate of drug-likeness (QED) is 0.464. The zero-order valence-corrected chi connectivity index (χ0v) is 5.18. The van der Waals surface area contributed by atoms with Crippen molar-refractivity contribution in [3.05, 3.63) is 29.6 Å². The van der Waals surface area contributed by atoms with Crippen LogP contribution in [-0.2, 0) is 0 Å². The molecule has 2 heteroatoms. The van der Waals surface area contributed by atoms with Gasteiger partial charge in [-0.3, -0.25) is 0 Å². The van der Waals surface area contributed by atoms with E-state index < -0.39 is 6.10 Å². The van der Waals surface area contributed by atoms with E-state index in [-0.39, 0.29) is 0 Å². The van der Waals surface area contributed by atoms with Crippen LogP contribution in [0.4, 0.5) is 0 Å². The summed E-state index contributed by atoms with van der Waals surface area (Å²) in [7, 11) is 0. The molecule has 0 aliphatic heterocycles. The van der Waals surface area contributed by atoms with E-state index in [0.29, 0.717) is 4.91 Å². The molecular weight excluding hydrogens is 120 g/mol. The van der Waals surface area contributed by atoms with E-state index in [1.165, 1.54) is 0 Å². The summed E-state index contributed by atoms with van der Waals surface area (Å²) in [6, 6.07) is 0. The van der Waals surface area contributed by atoms with Crippen LogP contribution >= 0.6 is 12.6 Å². The maximum atomic E-state index is 8.93. The molecule has 0 aromatic rings. The predicted octanol–water partition coefficient (Wildman–Crippen LogP) is 0.935. The number of allylic oxidation sites excluding steroid dienone is 2. The molecule has 1 N–H and O–H groups in total. The Morgan fingerprint density at radius 1 is 1.50 bits per heavy atom. The molecule has 1 aliphatic rings. The number of hydrogen-bond acceptors (Lipinski definition) is 2. The molecule has 1 atom stereocenters. The van der Waals surface area contributed by atoms with Crippen molar-refractivity contribution in [2.24, 2.45) is 0 Å². The van der Waals surface area contributed by atoms with Gasteiger partial charge in [-0.2, -0.15) is 0 Å². The molecule has 0 saturated carbocycles. The van der Waals surface area contributed by atoms with Crippen molar-refractivity contribution in [2.75, 3.05) is 0 Å². The van der Waals surface area contributed by atoms with Gasteiger partial charge < -0.3 is 5.11 Å². The topological polar surface area (TPSA) is 20.2 Å². The molecule has 1 unspecified atom stereocenters. The first kappa shape index (κ1) is 5.92. The maximum absolute atomic E-state index is 8.93. The van der Waals surface area contributed by atoms with Crippen molar-refractivity contribution >= 4 is 12.6 Å². The Morgan fingerprint density at radius 3 is 2.62 bits per heavy atom. The molecule has 0 bridgehead atoms. The first-order valence-electron chi connectivity index (χ1n) is 2.39. The number of thiol groups is 1. The van der Waals surface area contributed by atoms with Crippen LogP contribution in [-0.4, -0.2) is 11.2 Å². The second-order valence-corrected chi connectivity index (χ2v) is 2.13. The fourth-order valence-corrected chi connectivity index (χ4v) is 0.693. The van der Waals surface area contributed by atoms with Crippen molar-refractivity contribution in [3.63, 3.8) is 0 Å². The molecule has 43 valence electrons. The average Bonchev–Trinajstić information content (AvgIpc) is 1.77. The summed E-state index contributed by atoms with van der Waals surface area (Å²) in [4.78, 5) is 0.701. The lowest BCUT2D eigenvalue weighted by Crippen LogP contribution is -2.07. The predicted molar refractivity (Wildman–Crippen MR) is 36.5 cm³/mol. The largest absolute Gasteiger partial charge is 0.387 e. The molecule has 1 aliphatic carbocycles. The third-order valence-corrected chi connectivity index (χ3v) is 1.39. The van der Waals surface area contributed by atoms with Crippen LogP contribution in [0.15, 0.2) is 23.1 Å². The molecule has 1 nitrogen and oxygen atoms in total. The van der Waals surface area contributed by atoms with Crippen LogP contribution in [0.5, 0.6) is 0 Å². The van der Waals surface area contributed by atoms with Crippen molar-refractivity contribution < 1.29 is 5.11 Å². The minimum Gasteiger partial charge on any atom is -0.387 e. The second-order valence-electron chi connectivity index (χ2n) is 1.61. The number of aliphatic hydroxyl groups is 1. The van der Waals surface area contributed by atoms with Crippen molar-refractivity contribution in [1.29, 1.82) is 0 Å². The zero-order chi connectivity index (χ0) is 5.98. The third-order valence-electron chi connectivity index (χ3n) is 0.975. The molecule has 1 rings (SSSR count). The van der Waals surface area contributed by atoms with Crippen LogP contribution < -0.4 is 0 Å². The van der Waals surface area contributed by atoms with E-state index in [4.69, 9.17) is 5.11 Å². The molecule has 0 saturated heterocycles. The van der Waals surface area contributed by atoms with E-state index in [0.717, 1.165) is 0 Å². The van der Waals surface area contributed by atoms with E-state index >= 15 is 0 Å². The fraction of sp³-hybridized carbons (Fsp3) is 0.167. The summed E-state index contributed by atoms with van der Waals surface area (Å²) in [5.74, 6) is 0. The molecule has 1 radical (unpaired) electrons. The van der Waals surface area contributed by atoms with Gasteiger partial charge in [-0.15, -0.1) is 12.6 Å². The average molecular weight is 127 g/mol. The number of rotatable bonds is 0. The Labute approximate surface area is 54.1 Å². The zero-order valence-electron chi connectivity index (χ0n) is 4.28.